The van der Waals surface area contributed by atoms with Crippen molar-refractivity contribution >= 4 is 5.91 Å². The molecule has 3 heterocycles. The van der Waals surface area contributed by atoms with E-state index in [0.717, 1.165) is 38.3 Å². The van der Waals surface area contributed by atoms with Crippen LogP contribution in [0.25, 0.3) is 0 Å². The lowest BCUT2D eigenvalue weighted by Gasteiger charge is -2.45. The predicted octanol–water partition coefficient (Wildman–Crippen LogP) is 1.32. The van der Waals surface area contributed by atoms with E-state index >= 15 is 0 Å². The van der Waals surface area contributed by atoms with Gasteiger partial charge in [0.05, 0.1) is 0 Å². The van der Waals surface area contributed by atoms with Crippen LogP contribution in [0.15, 0.2) is 6.07 Å². The summed E-state index contributed by atoms with van der Waals surface area (Å²) in [5.74, 6) is 0.0778. The Bertz CT molecular complexity index is 456. The smallest absolute Gasteiger partial charge is 0.274 e. The summed E-state index contributed by atoms with van der Waals surface area (Å²) in [6.45, 7) is 5.84. The van der Waals surface area contributed by atoms with Gasteiger partial charge in [-0.3, -0.25) is 9.89 Å². The number of aryl methyl sites for hydroxylation is 1. The number of rotatable bonds is 1. The molecular weight excluding hydrogens is 240 g/mol. The Hall–Kier alpha value is -1.36. The molecule has 5 nitrogen and oxygen atoms in total. The second kappa shape index (κ2) is 4.96. The highest BCUT2D eigenvalue weighted by Crippen LogP contribution is 2.36. The molecule has 5 heteroatoms. The Balaban J connectivity index is 1.72. The SMILES string of the molecule is Cc1cc(C(=O)N2CCCC3(CCCNC3)C2)n[nH]1. The molecule has 2 saturated heterocycles. The van der Waals surface area contributed by atoms with Gasteiger partial charge in [-0.25, -0.2) is 0 Å². The molecule has 1 aromatic heterocycles. The van der Waals surface area contributed by atoms with Crippen LogP contribution in [0.1, 0.15) is 41.9 Å². The summed E-state index contributed by atoms with van der Waals surface area (Å²) in [5, 5.41) is 10.4. The summed E-state index contributed by atoms with van der Waals surface area (Å²) in [6, 6.07) is 1.84. The van der Waals surface area contributed by atoms with E-state index in [0.29, 0.717) is 11.1 Å². The predicted molar refractivity (Wildman–Crippen MR) is 73.0 cm³/mol. The van der Waals surface area contributed by atoms with E-state index in [1.54, 1.807) is 0 Å². The zero-order valence-corrected chi connectivity index (χ0v) is 11.5. The van der Waals surface area contributed by atoms with Crippen molar-refractivity contribution < 1.29 is 4.79 Å². The lowest BCUT2D eigenvalue weighted by Crippen LogP contribution is -2.52. The molecule has 1 amide bonds. The summed E-state index contributed by atoms with van der Waals surface area (Å²) in [4.78, 5) is 14.5. The van der Waals surface area contributed by atoms with Gasteiger partial charge in [-0.2, -0.15) is 5.10 Å². The monoisotopic (exact) mass is 262 g/mol. The largest absolute Gasteiger partial charge is 0.337 e. The zero-order chi connectivity index (χ0) is 13.3. The zero-order valence-electron chi connectivity index (χ0n) is 11.5. The molecule has 0 saturated carbocycles. The third-order valence-corrected chi connectivity index (χ3v) is 4.43. The van der Waals surface area contributed by atoms with Gasteiger partial charge in [0, 0.05) is 30.7 Å². The highest BCUT2D eigenvalue weighted by Gasteiger charge is 2.38. The van der Waals surface area contributed by atoms with E-state index in [-0.39, 0.29) is 5.91 Å². The number of H-pyrrole nitrogens is 1. The van der Waals surface area contributed by atoms with E-state index in [1.165, 1.54) is 19.3 Å². The van der Waals surface area contributed by atoms with Crippen molar-refractivity contribution in [2.24, 2.45) is 5.41 Å². The molecule has 3 rings (SSSR count). The van der Waals surface area contributed by atoms with E-state index in [4.69, 9.17) is 0 Å². The molecule has 19 heavy (non-hydrogen) atoms. The summed E-state index contributed by atoms with van der Waals surface area (Å²) in [5.41, 5.74) is 1.80. The number of hydrogen-bond acceptors (Lipinski definition) is 3. The summed E-state index contributed by atoms with van der Waals surface area (Å²) in [6.07, 6.45) is 4.81. The van der Waals surface area contributed by atoms with Crippen LogP contribution in [-0.2, 0) is 0 Å². The third-order valence-electron chi connectivity index (χ3n) is 4.43. The molecule has 1 spiro atoms. The minimum atomic E-state index is 0.0778. The van der Waals surface area contributed by atoms with E-state index in [2.05, 4.69) is 15.5 Å². The van der Waals surface area contributed by atoms with E-state index < -0.39 is 0 Å². The van der Waals surface area contributed by atoms with Gasteiger partial charge in [-0.1, -0.05) is 0 Å². The molecule has 0 aromatic carbocycles. The average molecular weight is 262 g/mol. The first-order valence-corrected chi connectivity index (χ1v) is 7.21. The van der Waals surface area contributed by atoms with Gasteiger partial charge in [-0.05, 0) is 45.2 Å². The van der Waals surface area contributed by atoms with Gasteiger partial charge in [0.15, 0.2) is 0 Å². The van der Waals surface area contributed by atoms with Crippen LogP contribution in [0.4, 0.5) is 0 Å². The molecule has 1 aromatic rings. The van der Waals surface area contributed by atoms with Crippen molar-refractivity contribution in [1.29, 1.82) is 0 Å². The molecule has 0 radical (unpaired) electrons. The fraction of sp³-hybridized carbons (Fsp3) is 0.714. The quantitative estimate of drug-likeness (QED) is 0.802. The molecule has 2 N–H and O–H groups in total. The fourth-order valence-corrected chi connectivity index (χ4v) is 3.45. The van der Waals surface area contributed by atoms with Crippen LogP contribution in [0, 0.1) is 12.3 Å². The summed E-state index contributed by atoms with van der Waals surface area (Å²) < 4.78 is 0. The number of aromatic nitrogens is 2. The lowest BCUT2D eigenvalue weighted by atomic mass is 9.74. The average Bonchev–Trinajstić information content (AvgIpc) is 2.85. The minimum Gasteiger partial charge on any atom is -0.337 e. The Morgan fingerprint density at radius 1 is 1.42 bits per heavy atom. The first-order valence-electron chi connectivity index (χ1n) is 7.21. The fourth-order valence-electron chi connectivity index (χ4n) is 3.45. The minimum absolute atomic E-state index is 0.0778. The van der Waals surface area contributed by atoms with Crippen LogP contribution in [0.2, 0.25) is 0 Å². The normalized spacial score (nSPS) is 27.7. The number of piperidine rings is 2. The number of likely N-dealkylation sites (tertiary alicyclic amines) is 1. The second-order valence-corrected chi connectivity index (χ2v) is 6.05. The molecule has 2 aliphatic rings. The van der Waals surface area contributed by atoms with Crippen LogP contribution >= 0.6 is 0 Å². The summed E-state index contributed by atoms with van der Waals surface area (Å²) >= 11 is 0. The van der Waals surface area contributed by atoms with Crippen molar-refractivity contribution in [1.82, 2.24) is 20.4 Å². The number of carbonyl (C=O) groups is 1. The van der Waals surface area contributed by atoms with Crippen molar-refractivity contribution in [2.75, 3.05) is 26.2 Å². The van der Waals surface area contributed by atoms with Gasteiger partial charge in [0.1, 0.15) is 5.69 Å². The maximum atomic E-state index is 12.5. The molecule has 1 atom stereocenters. The van der Waals surface area contributed by atoms with Crippen LogP contribution in [0.5, 0.6) is 0 Å². The van der Waals surface area contributed by atoms with Crippen LogP contribution in [0.3, 0.4) is 0 Å². The molecule has 0 bridgehead atoms. The number of aromatic amines is 1. The second-order valence-electron chi connectivity index (χ2n) is 6.05. The van der Waals surface area contributed by atoms with Crippen molar-refractivity contribution in [3.05, 3.63) is 17.5 Å². The Labute approximate surface area is 113 Å². The molecule has 104 valence electrons. The maximum Gasteiger partial charge on any atom is 0.274 e. The standard InChI is InChI=1S/C14H22N4O/c1-11-8-12(17-16-11)13(19)18-7-3-5-14(10-18)4-2-6-15-9-14/h8,15H,2-7,9-10H2,1H3,(H,16,17). The third kappa shape index (κ3) is 2.52. The van der Waals surface area contributed by atoms with E-state index in [1.807, 2.05) is 17.9 Å². The maximum absolute atomic E-state index is 12.5. The van der Waals surface area contributed by atoms with Crippen LogP contribution in [-0.4, -0.2) is 47.2 Å². The molecule has 1 unspecified atom stereocenters. The number of carbonyl (C=O) groups excluding carboxylic acids is 1. The van der Waals surface area contributed by atoms with Crippen molar-refractivity contribution in [3.63, 3.8) is 0 Å². The number of amides is 1. The molecule has 0 aliphatic carbocycles. The molecule has 2 fully saturated rings. The molecule has 2 aliphatic heterocycles. The first-order chi connectivity index (χ1) is 9.19. The lowest BCUT2D eigenvalue weighted by molar-refractivity contribution is 0.0429. The topological polar surface area (TPSA) is 61.0 Å². The van der Waals surface area contributed by atoms with E-state index in [9.17, 15) is 4.79 Å². The Kier molecular flexibility index (Phi) is 3.31. The van der Waals surface area contributed by atoms with Gasteiger partial charge in [-0.15, -0.1) is 0 Å². The number of nitrogens with zero attached hydrogens (tertiary/aromatic N) is 2. The highest BCUT2D eigenvalue weighted by molar-refractivity contribution is 5.92. The van der Waals surface area contributed by atoms with Gasteiger partial charge >= 0.3 is 0 Å². The van der Waals surface area contributed by atoms with Crippen LogP contribution < -0.4 is 5.32 Å². The first kappa shape index (κ1) is 12.7. The molecular formula is C14H22N4O. The highest BCUT2D eigenvalue weighted by atomic mass is 16.2. The summed E-state index contributed by atoms with van der Waals surface area (Å²) in [7, 11) is 0. The Morgan fingerprint density at radius 3 is 2.95 bits per heavy atom. The van der Waals surface area contributed by atoms with Crippen molar-refractivity contribution in [2.45, 2.75) is 32.6 Å². The Morgan fingerprint density at radius 2 is 2.26 bits per heavy atom. The van der Waals surface area contributed by atoms with Gasteiger partial charge in [0.25, 0.3) is 5.91 Å². The number of hydrogen-bond donors (Lipinski definition) is 2. The van der Waals surface area contributed by atoms with Crippen molar-refractivity contribution in [3.8, 4) is 0 Å². The number of nitrogens with one attached hydrogen (secondary N) is 2. The van der Waals surface area contributed by atoms with Gasteiger partial charge in [0.2, 0.25) is 0 Å². The van der Waals surface area contributed by atoms with Gasteiger partial charge < -0.3 is 10.2 Å².